The van der Waals surface area contributed by atoms with Gasteiger partial charge in [0.15, 0.2) is 0 Å². The van der Waals surface area contributed by atoms with Gasteiger partial charge in [-0.2, -0.15) is 0 Å². The molecule has 0 bridgehead atoms. The van der Waals surface area contributed by atoms with E-state index in [4.69, 9.17) is 11.6 Å². The number of hydrogen-bond acceptors (Lipinski definition) is 1. The van der Waals surface area contributed by atoms with Gasteiger partial charge in [0, 0.05) is 5.88 Å². The Hall–Kier alpha value is 0.684. The first-order valence-corrected chi connectivity index (χ1v) is 12.0. The van der Waals surface area contributed by atoms with Gasteiger partial charge in [-0.25, -0.2) is 0 Å². The van der Waals surface area contributed by atoms with Gasteiger partial charge in [-0.15, -0.1) is 11.6 Å². The summed E-state index contributed by atoms with van der Waals surface area (Å²) >= 11 is 5.75. The monoisotopic (exact) mass is 235 g/mol. The maximum atomic E-state index is 5.75. The zero-order valence-electron chi connectivity index (χ0n) is 9.28. The first-order valence-electron chi connectivity index (χ1n) is 5.23. The van der Waals surface area contributed by atoms with Crippen LogP contribution in [0.4, 0.5) is 0 Å². The highest BCUT2D eigenvalue weighted by atomic mass is 35.5. The number of halogens is 1. The molecule has 1 N–H and O–H groups in total. The lowest BCUT2D eigenvalue weighted by atomic mass is 10.3. The van der Waals surface area contributed by atoms with Crippen LogP contribution in [0.15, 0.2) is 0 Å². The Bertz CT molecular complexity index is 182. The average Bonchev–Trinajstić information content (AvgIpc) is 2.14. The van der Waals surface area contributed by atoms with E-state index in [-0.39, 0.29) is 0 Å². The molecule has 0 aliphatic carbocycles. The summed E-state index contributed by atoms with van der Waals surface area (Å²) < 4.78 is 3.96. The van der Waals surface area contributed by atoms with Gasteiger partial charge in [-0.1, -0.05) is 32.6 Å². The van der Waals surface area contributed by atoms with E-state index in [9.17, 15) is 0 Å². The van der Waals surface area contributed by atoms with E-state index in [2.05, 4.69) is 30.8 Å². The second-order valence-corrected chi connectivity index (χ2v) is 15.3. The van der Waals surface area contributed by atoms with Crippen molar-refractivity contribution in [3.63, 3.8) is 0 Å². The van der Waals surface area contributed by atoms with E-state index >= 15 is 0 Å². The highest BCUT2D eigenvalue weighted by Crippen LogP contribution is 2.39. The van der Waals surface area contributed by atoms with Gasteiger partial charge in [0.05, 0.1) is 0 Å². The van der Waals surface area contributed by atoms with Crippen LogP contribution < -0.4 is 4.65 Å². The smallest absolute Gasteiger partial charge is 0.115 e. The van der Waals surface area contributed by atoms with E-state index in [1.54, 1.807) is 0 Å². The lowest BCUT2D eigenvalue weighted by Crippen LogP contribution is -2.51. The van der Waals surface area contributed by atoms with Crippen LogP contribution in [0, 0.1) is 0 Å². The maximum Gasteiger partial charge on any atom is 0.115 e. The van der Waals surface area contributed by atoms with Crippen molar-refractivity contribution in [2.75, 3.05) is 5.88 Å². The summed E-state index contributed by atoms with van der Waals surface area (Å²) in [5.74, 6) is 0.836. The van der Waals surface area contributed by atoms with Crippen molar-refractivity contribution < 1.29 is 0 Å². The zero-order chi connectivity index (χ0) is 10.1. The first-order chi connectivity index (χ1) is 5.87. The summed E-state index contributed by atoms with van der Waals surface area (Å²) in [6.07, 6.45) is 2.56. The minimum atomic E-state index is -1.09. The molecule has 1 saturated heterocycles. The van der Waals surface area contributed by atoms with Gasteiger partial charge in [-0.3, -0.25) is 0 Å². The van der Waals surface area contributed by atoms with Crippen molar-refractivity contribution in [3.05, 3.63) is 0 Å². The van der Waals surface area contributed by atoms with Crippen molar-refractivity contribution in [1.29, 1.82) is 0 Å². The van der Waals surface area contributed by atoms with Crippen LogP contribution in [0.2, 0.25) is 37.8 Å². The predicted octanol–water partition coefficient (Wildman–Crippen LogP) is 3.39. The molecule has 0 aromatic heterocycles. The van der Waals surface area contributed by atoms with Gasteiger partial charge in [-0.05, 0) is 18.0 Å². The van der Waals surface area contributed by atoms with E-state index in [1.807, 2.05) is 0 Å². The van der Waals surface area contributed by atoms with Gasteiger partial charge < -0.3 is 4.65 Å². The van der Waals surface area contributed by atoms with Crippen LogP contribution in [0.5, 0.6) is 0 Å². The molecule has 4 heteroatoms. The van der Waals surface area contributed by atoms with Crippen molar-refractivity contribution in [1.82, 2.24) is 4.65 Å². The summed E-state index contributed by atoms with van der Waals surface area (Å²) in [7, 11) is -2.11. The van der Waals surface area contributed by atoms with E-state index < -0.39 is 16.5 Å². The summed E-state index contributed by atoms with van der Waals surface area (Å²) in [6, 6.07) is 1.48. The van der Waals surface area contributed by atoms with Crippen molar-refractivity contribution in [2.24, 2.45) is 0 Å². The number of rotatable bonds is 3. The third kappa shape index (κ3) is 3.08. The zero-order valence-corrected chi connectivity index (χ0v) is 12.0. The van der Waals surface area contributed by atoms with Crippen LogP contribution in [0.1, 0.15) is 12.8 Å². The molecule has 0 aromatic carbocycles. The maximum absolute atomic E-state index is 5.75. The van der Waals surface area contributed by atoms with Crippen LogP contribution in [-0.2, 0) is 0 Å². The molecule has 0 aromatic rings. The fourth-order valence-electron chi connectivity index (χ4n) is 2.68. The quantitative estimate of drug-likeness (QED) is 0.584. The van der Waals surface area contributed by atoms with Crippen LogP contribution in [0.3, 0.4) is 0 Å². The number of nitrogens with one attached hydrogen (secondary N) is 1. The summed E-state index contributed by atoms with van der Waals surface area (Å²) in [5, 5.41) is 0. The standard InChI is InChI=1S/C9H22ClNSi2/c1-12(2)8-9(6-5-7-10)13(3,4)11-12/h9,11H,5-8H2,1-4H3. The Kier molecular flexibility index (Phi) is 3.66. The second-order valence-electron chi connectivity index (χ2n) is 5.46. The van der Waals surface area contributed by atoms with E-state index in [0.717, 1.165) is 11.4 Å². The van der Waals surface area contributed by atoms with Crippen LogP contribution >= 0.6 is 11.6 Å². The summed E-state index contributed by atoms with van der Waals surface area (Å²) in [5.41, 5.74) is 0.980. The van der Waals surface area contributed by atoms with Gasteiger partial charge in [0.25, 0.3) is 0 Å². The molecular weight excluding hydrogens is 214 g/mol. The average molecular weight is 236 g/mol. The van der Waals surface area contributed by atoms with Crippen LogP contribution in [0.25, 0.3) is 0 Å². The fraction of sp³-hybridized carbons (Fsp3) is 1.00. The summed E-state index contributed by atoms with van der Waals surface area (Å²) in [6.45, 7) is 9.88. The molecule has 0 spiro atoms. The molecule has 1 rings (SSSR count). The molecule has 0 saturated carbocycles. The molecule has 0 radical (unpaired) electrons. The Labute approximate surface area is 89.4 Å². The van der Waals surface area contributed by atoms with Crippen molar-refractivity contribution in [2.45, 2.75) is 50.6 Å². The highest BCUT2D eigenvalue weighted by molar-refractivity contribution is 6.96. The fourth-order valence-corrected chi connectivity index (χ4v) is 17.0. The van der Waals surface area contributed by atoms with Gasteiger partial charge in [0.2, 0.25) is 0 Å². The highest BCUT2D eigenvalue weighted by Gasteiger charge is 2.46. The van der Waals surface area contributed by atoms with Gasteiger partial charge in [0.1, 0.15) is 16.5 Å². The molecule has 13 heavy (non-hydrogen) atoms. The SMILES string of the molecule is C[Si]1(C)CC(CCCCl)[Si](C)(C)N1. The third-order valence-corrected chi connectivity index (χ3v) is 13.1. The van der Waals surface area contributed by atoms with E-state index in [0.29, 0.717) is 0 Å². The molecule has 1 atom stereocenters. The molecule has 1 aliphatic heterocycles. The minimum Gasteiger partial charge on any atom is -0.359 e. The molecular formula is C9H22ClNSi2. The Morgan fingerprint density at radius 2 is 1.92 bits per heavy atom. The Morgan fingerprint density at radius 3 is 2.31 bits per heavy atom. The molecule has 0 amide bonds. The minimum absolute atomic E-state index is 0.836. The molecule has 1 heterocycles. The molecule has 1 nitrogen and oxygen atoms in total. The molecule has 1 aliphatic rings. The molecule has 1 unspecified atom stereocenters. The molecule has 1 fully saturated rings. The van der Waals surface area contributed by atoms with Crippen LogP contribution in [-0.4, -0.2) is 22.4 Å². The van der Waals surface area contributed by atoms with Gasteiger partial charge >= 0.3 is 0 Å². The van der Waals surface area contributed by atoms with Crippen molar-refractivity contribution >= 4 is 28.1 Å². The predicted molar refractivity (Wildman–Crippen MR) is 66.6 cm³/mol. The largest absolute Gasteiger partial charge is 0.359 e. The molecule has 78 valence electrons. The summed E-state index contributed by atoms with van der Waals surface area (Å²) in [4.78, 5) is 0. The lowest BCUT2D eigenvalue weighted by Gasteiger charge is -2.25. The number of alkyl halides is 1. The Morgan fingerprint density at radius 1 is 1.31 bits per heavy atom. The third-order valence-electron chi connectivity index (χ3n) is 3.12. The van der Waals surface area contributed by atoms with E-state index in [1.165, 1.54) is 18.9 Å². The first kappa shape index (κ1) is 11.8. The Balaban J connectivity index is 2.54. The topological polar surface area (TPSA) is 12.0 Å². The normalized spacial score (nSPS) is 30.7. The lowest BCUT2D eigenvalue weighted by molar-refractivity contribution is 0.751. The van der Waals surface area contributed by atoms with Crippen molar-refractivity contribution in [3.8, 4) is 0 Å². The second kappa shape index (κ2) is 4.05. The number of hydrogen-bond donors (Lipinski definition) is 1.